The lowest BCUT2D eigenvalue weighted by Crippen LogP contribution is -2.38. The summed E-state index contributed by atoms with van der Waals surface area (Å²) in [6.45, 7) is 9.57. The first-order valence-electron chi connectivity index (χ1n) is 17.2. The summed E-state index contributed by atoms with van der Waals surface area (Å²) >= 11 is 0. The second-order valence-electron chi connectivity index (χ2n) is 13.6. The average Bonchev–Trinajstić information content (AvgIpc) is 3.69. The van der Waals surface area contributed by atoms with E-state index in [1.165, 1.54) is 47.3 Å². The molecule has 4 aromatic carbocycles. The Hall–Kier alpha value is -5.33. The second kappa shape index (κ2) is 13.7. The molecule has 12 heteroatoms. The molecular weight excluding hydrogens is 685 g/mol. The van der Waals surface area contributed by atoms with E-state index < -0.39 is 27.4 Å². The number of ketones is 1. The molecule has 0 atom stereocenters. The van der Waals surface area contributed by atoms with Crippen LogP contribution in [-0.4, -0.2) is 52.0 Å². The molecule has 6 aromatic rings. The Morgan fingerprint density at radius 1 is 0.923 bits per heavy atom. The van der Waals surface area contributed by atoms with Crippen LogP contribution in [0.15, 0.2) is 96.0 Å². The summed E-state index contributed by atoms with van der Waals surface area (Å²) in [5.74, 6) is -1.33. The fourth-order valence-electron chi connectivity index (χ4n) is 6.94. The lowest BCUT2D eigenvalue weighted by molar-refractivity contribution is 0.103. The molecule has 9 nitrogen and oxygen atoms in total. The first-order chi connectivity index (χ1) is 24.8. The number of likely N-dealkylation sites (tertiary alicyclic amines) is 1. The summed E-state index contributed by atoms with van der Waals surface area (Å²) in [6.07, 6.45) is 2.82. The lowest BCUT2D eigenvalue weighted by Gasteiger charge is -2.34. The van der Waals surface area contributed by atoms with Crippen LogP contribution < -0.4 is 10.5 Å². The van der Waals surface area contributed by atoms with Crippen LogP contribution in [0, 0.1) is 25.5 Å². The van der Waals surface area contributed by atoms with E-state index in [0.717, 1.165) is 35.5 Å². The van der Waals surface area contributed by atoms with E-state index >= 15 is 4.39 Å². The van der Waals surface area contributed by atoms with Crippen LogP contribution in [0.3, 0.4) is 0 Å². The quantitative estimate of drug-likeness (QED) is 0.150. The SMILES string of the molecule is Cc1ccc(S(=O)(=O)n2c(C(=O)c3cnn(-c4ccc(Oc5ccccc5F)cc4C)c3N)cc3cc(C4CCN(C(C)C)CC4)c(F)cc32)cc1. The number of anilines is 1. The zero-order valence-electron chi connectivity index (χ0n) is 29.3. The molecule has 0 radical (unpaired) electrons. The van der Waals surface area contributed by atoms with Gasteiger partial charge in [-0.3, -0.25) is 4.79 Å². The van der Waals surface area contributed by atoms with Crippen molar-refractivity contribution in [2.75, 3.05) is 18.8 Å². The second-order valence-corrected chi connectivity index (χ2v) is 15.4. The maximum Gasteiger partial charge on any atom is 0.268 e. The molecule has 2 N–H and O–H groups in total. The number of nitrogen functional groups attached to an aromatic ring is 1. The minimum absolute atomic E-state index is 0.0239. The number of nitrogens with zero attached hydrogens (tertiary/aromatic N) is 4. The molecule has 7 rings (SSSR count). The van der Waals surface area contributed by atoms with Gasteiger partial charge in [0.25, 0.3) is 10.0 Å². The fraction of sp³-hybridized carbons (Fsp3) is 0.250. The number of ether oxygens (including phenoxy) is 1. The third-order valence-electron chi connectivity index (χ3n) is 9.88. The Kier molecular flexibility index (Phi) is 9.22. The smallest absolute Gasteiger partial charge is 0.268 e. The molecule has 0 amide bonds. The predicted octanol–water partition coefficient (Wildman–Crippen LogP) is 8.15. The first kappa shape index (κ1) is 35.1. The molecule has 0 saturated carbocycles. The molecule has 1 saturated heterocycles. The van der Waals surface area contributed by atoms with Crippen molar-refractivity contribution in [1.29, 1.82) is 0 Å². The highest BCUT2D eigenvalue weighted by molar-refractivity contribution is 7.90. The molecule has 0 spiro atoms. The van der Waals surface area contributed by atoms with E-state index in [1.54, 1.807) is 55.5 Å². The number of piperidine rings is 1. The number of halogens is 2. The van der Waals surface area contributed by atoms with E-state index in [4.69, 9.17) is 10.5 Å². The van der Waals surface area contributed by atoms with Gasteiger partial charge < -0.3 is 15.4 Å². The highest BCUT2D eigenvalue weighted by Crippen LogP contribution is 2.36. The van der Waals surface area contributed by atoms with Crippen molar-refractivity contribution in [1.82, 2.24) is 18.7 Å². The van der Waals surface area contributed by atoms with Gasteiger partial charge in [-0.2, -0.15) is 5.10 Å². The monoisotopic (exact) mass is 723 g/mol. The average molecular weight is 724 g/mol. The summed E-state index contributed by atoms with van der Waals surface area (Å²) in [5, 5.41) is 4.81. The normalized spacial score (nSPS) is 14.4. The van der Waals surface area contributed by atoms with Gasteiger partial charge in [0.15, 0.2) is 11.6 Å². The van der Waals surface area contributed by atoms with Gasteiger partial charge in [0.2, 0.25) is 5.78 Å². The number of fused-ring (bicyclic) bond motifs is 1. The van der Waals surface area contributed by atoms with Gasteiger partial charge in [0.1, 0.15) is 23.1 Å². The van der Waals surface area contributed by atoms with Crippen molar-refractivity contribution in [3.05, 3.63) is 131 Å². The molecule has 1 aliphatic rings. The lowest BCUT2D eigenvalue weighted by atomic mass is 9.88. The molecule has 0 unspecified atom stereocenters. The molecule has 0 bridgehead atoms. The van der Waals surface area contributed by atoms with Gasteiger partial charge in [-0.1, -0.05) is 29.8 Å². The Morgan fingerprint density at radius 2 is 1.63 bits per heavy atom. The van der Waals surface area contributed by atoms with Crippen molar-refractivity contribution in [2.45, 2.75) is 57.4 Å². The summed E-state index contributed by atoms with van der Waals surface area (Å²) in [7, 11) is -4.38. The maximum atomic E-state index is 16.0. The molecule has 2 aromatic heterocycles. The van der Waals surface area contributed by atoms with E-state index in [9.17, 15) is 17.6 Å². The number of carbonyl (C=O) groups excluding carboxylic acids is 1. The Morgan fingerprint density at radius 3 is 2.31 bits per heavy atom. The summed E-state index contributed by atoms with van der Waals surface area (Å²) in [6, 6.07) is 22.1. The van der Waals surface area contributed by atoms with Crippen LogP contribution in [0.4, 0.5) is 14.6 Å². The number of benzene rings is 4. The van der Waals surface area contributed by atoms with Gasteiger partial charge in [-0.25, -0.2) is 25.9 Å². The zero-order valence-corrected chi connectivity index (χ0v) is 30.1. The third kappa shape index (κ3) is 6.37. The number of hydrogen-bond donors (Lipinski definition) is 1. The topological polar surface area (TPSA) is 112 Å². The van der Waals surface area contributed by atoms with Crippen LogP contribution in [0.25, 0.3) is 16.6 Å². The van der Waals surface area contributed by atoms with Crippen LogP contribution in [0.1, 0.15) is 65.3 Å². The van der Waals surface area contributed by atoms with Gasteiger partial charge in [0, 0.05) is 11.4 Å². The molecule has 268 valence electrons. The largest absolute Gasteiger partial charge is 0.454 e. The third-order valence-corrected chi connectivity index (χ3v) is 11.6. The number of aryl methyl sites for hydroxylation is 2. The summed E-state index contributed by atoms with van der Waals surface area (Å²) in [5.41, 5.74) is 8.94. The molecule has 52 heavy (non-hydrogen) atoms. The number of carbonyl (C=O) groups is 1. The molecule has 0 aliphatic carbocycles. The molecule has 1 aliphatic heterocycles. The van der Waals surface area contributed by atoms with E-state index in [0.29, 0.717) is 34.0 Å². The van der Waals surface area contributed by atoms with Crippen molar-refractivity contribution in [3.63, 3.8) is 0 Å². The molecule has 3 heterocycles. The first-order valence-corrected chi connectivity index (χ1v) is 18.6. The molecular formula is C40H39F2N5O4S. The van der Waals surface area contributed by atoms with Gasteiger partial charge in [-0.05, 0) is 131 Å². The predicted molar refractivity (Wildman–Crippen MR) is 197 cm³/mol. The van der Waals surface area contributed by atoms with Crippen molar-refractivity contribution < 1.29 is 26.7 Å². The Bertz CT molecular complexity index is 2430. The van der Waals surface area contributed by atoms with Crippen LogP contribution in [0.2, 0.25) is 0 Å². The minimum atomic E-state index is -4.38. The number of rotatable bonds is 9. The van der Waals surface area contributed by atoms with E-state index in [2.05, 4.69) is 23.8 Å². The minimum Gasteiger partial charge on any atom is -0.454 e. The maximum absolute atomic E-state index is 16.0. The van der Waals surface area contributed by atoms with Crippen molar-refractivity contribution >= 4 is 32.5 Å². The van der Waals surface area contributed by atoms with Crippen molar-refractivity contribution in [2.24, 2.45) is 0 Å². The van der Waals surface area contributed by atoms with Crippen molar-refractivity contribution in [3.8, 4) is 17.2 Å². The summed E-state index contributed by atoms with van der Waals surface area (Å²) < 4.78 is 66.8. The van der Waals surface area contributed by atoms with Crippen LogP contribution in [-0.2, 0) is 10.0 Å². The van der Waals surface area contributed by atoms with Crippen LogP contribution in [0.5, 0.6) is 11.5 Å². The fourth-order valence-corrected chi connectivity index (χ4v) is 8.45. The van der Waals surface area contributed by atoms with Crippen LogP contribution >= 0.6 is 0 Å². The van der Waals surface area contributed by atoms with E-state index in [-0.39, 0.29) is 39.2 Å². The highest BCUT2D eigenvalue weighted by Gasteiger charge is 2.31. The number of aromatic nitrogens is 3. The number of para-hydroxylation sites is 1. The number of nitrogens with two attached hydrogens (primary N) is 1. The summed E-state index contributed by atoms with van der Waals surface area (Å²) in [4.78, 5) is 16.7. The molecule has 1 fully saturated rings. The Labute approximate surface area is 301 Å². The zero-order chi connectivity index (χ0) is 36.9. The van der Waals surface area contributed by atoms with E-state index in [1.807, 2.05) is 6.92 Å². The van der Waals surface area contributed by atoms with Gasteiger partial charge in [0.05, 0.1) is 27.9 Å². The highest BCUT2D eigenvalue weighted by atomic mass is 32.2. The Balaban J connectivity index is 1.29. The van der Waals surface area contributed by atoms with Gasteiger partial charge in [-0.15, -0.1) is 0 Å². The standard InChI is InChI=1S/C40H39F2N5O4S/c1-24(2)45-17-15-27(16-18-45)31-20-28-21-37(47(36(28)22-34(31)42)52(49,50)30-12-9-25(3)10-13-30)39(48)32-23-44-46(40(32)43)35-14-11-29(19-26(35)4)51-38-8-6-5-7-33(38)41/h5-14,19-24,27H,15-18,43H2,1-4H3. The van der Waals surface area contributed by atoms with Gasteiger partial charge >= 0.3 is 0 Å². The number of hydrogen-bond acceptors (Lipinski definition) is 7.